The third kappa shape index (κ3) is 2.02. The van der Waals surface area contributed by atoms with E-state index in [9.17, 15) is 20.2 Å². The van der Waals surface area contributed by atoms with Gasteiger partial charge in [0.2, 0.25) is 0 Å². The number of hydrogen-bond acceptors (Lipinski definition) is 6. The minimum absolute atomic E-state index is 0.227. The Labute approximate surface area is 75.1 Å². The summed E-state index contributed by atoms with van der Waals surface area (Å²) in [6.45, 7) is 1.33. The van der Waals surface area contributed by atoms with Gasteiger partial charge in [0.15, 0.2) is 0 Å². The zero-order valence-corrected chi connectivity index (χ0v) is 7.20. The van der Waals surface area contributed by atoms with Crippen LogP contribution < -0.4 is 0 Å². The maximum Gasteiger partial charge on any atom is 0.111 e. The molecule has 0 amide bonds. The van der Waals surface area contributed by atoms with E-state index < -0.39 is 30.5 Å². The second-order valence-corrected chi connectivity index (χ2v) is 3.16. The SMILES string of the molecule is CC1OC(CN=O)C(O)C(O)C1O. The van der Waals surface area contributed by atoms with Gasteiger partial charge in [0, 0.05) is 0 Å². The first-order valence-electron chi connectivity index (χ1n) is 4.06. The van der Waals surface area contributed by atoms with E-state index in [4.69, 9.17) is 4.74 Å². The zero-order valence-electron chi connectivity index (χ0n) is 7.20. The molecular formula is C7H13NO5. The molecule has 0 aliphatic carbocycles. The Morgan fingerprint density at radius 2 is 1.85 bits per heavy atom. The molecule has 1 saturated heterocycles. The van der Waals surface area contributed by atoms with Crippen molar-refractivity contribution < 1.29 is 20.1 Å². The van der Waals surface area contributed by atoms with Crippen LogP contribution in [0.3, 0.4) is 0 Å². The van der Waals surface area contributed by atoms with Crippen molar-refractivity contribution in [2.24, 2.45) is 5.18 Å². The third-order valence-corrected chi connectivity index (χ3v) is 2.21. The number of rotatable bonds is 2. The lowest BCUT2D eigenvalue weighted by Gasteiger charge is -2.38. The fourth-order valence-electron chi connectivity index (χ4n) is 1.36. The van der Waals surface area contributed by atoms with Crippen LogP contribution in [0.1, 0.15) is 6.92 Å². The van der Waals surface area contributed by atoms with Gasteiger partial charge in [0.05, 0.1) is 6.10 Å². The molecule has 1 fully saturated rings. The third-order valence-electron chi connectivity index (χ3n) is 2.21. The van der Waals surface area contributed by atoms with E-state index in [0.29, 0.717) is 0 Å². The number of aliphatic hydroxyl groups excluding tert-OH is 3. The van der Waals surface area contributed by atoms with Gasteiger partial charge in [-0.3, -0.25) is 0 Å². The predicted molar refractivity (Wildman–Crippen MR) is 43.0 cm³/mol. The lowest BCUT2D eigenvalue weighted by molar-refractivity contribution is -0.213. The van der Waals surface area contributed by atoms with E-state index in [1.807, 2.05) is 0 Å². The largest absolute Gasteiger partial charge is 0.388 e. The molecule has 1 heterocycles. The number of nitroso groups, excluding NO2 is 1. The normalized spacial score (nSPS) is 46.0. The summed E-state index contributed by atoms with van der Waals surface area (Å²) in [4.78, 5) is 9.93. The maximum atomic E-state index is 9.93. The van der Waals surface area contributed by atoms with Crippen LogP contribution in [0.4, 0.5) is 0 Å². The maximum absolute atomic E-state index is 9.93. The van der Waals surface area contributed by atoms with E-state index in [-0.39, 0.29) is 6.54 Å². The lowest BCUT2D eigenvalue weighted by Crippen LogP contribution is -2.57. The molecule has 0 aromatic carbocycles. The molecule has 0 aromatic heterocycles. The average Bonchev–Trinajstić information content (AvgIpc) is 2.11. The van der Waals surface area contributed by atoms with Gasteiger partial charge in [-0.2, -0.15) is 4.91 Å². The lowest BCUT2D eigenvalue weighted by atomic mass is 9.96. The second-order valence-electron chi connectivity index (χ2n) is 3.16. The van der Waals surface area contributed by atoms with Crippen LogP contribution in [0.25, 0.3) is 0 Å². The van der Waals surface area contributed by atoms with Gasteiger partial charge >= 0.3 is 0 Å². The molecule has 5 unspecified atom stereocenters. The molecule has 0 radical (unpaired) electrons. The molecule has 0 spiro atoms. The molecule has 0 aromatic rings. The van der Waals surface area contributed by atoms with Crippen LogP contribution in [0, 0.1) is 4.91 Å². The molecule has 6 nitrogen and oxygen atoms in total. The van der Waals surface area contributed by atoms with E-state index in [1.165, 1.54) is 0 Å². The number of ether oxygens (including phenoxy) is 1. The van der Waals surface area contributed by atoms with Crippen molar-refractivity contribution in [1.82, 2.24) is 0 Å². The zero-order chi connectivity index (χ0) is 10.0. The standard InChI is InChI=1S/C7H13NO5/c1-3-5(9)7(11)6(10)4(13-3)2-8-12/h3-7,9-11H,2H2,1H3. The van der Waals surface area contributed by atoms with Crippen molar-refractivity contribution in [3.05, 3.63) is 4.91 Å². The van der Waals surface area contributed by atoms with Gasteiger partial charge in [-0.15, -0.1) is 0 Å². The van der Waals surface area contributed by atoms with Crippen molar-refractivity contribution in [3.63, 3.8) is 0 Å². The quantitative estimate of drug-likeness (QED) is 0.467. The highest BCUT2D eigenvalue weighted by Gasteiger charge is 2.41. The van der Waals surface area contributed by atoms with E-state index in [0.717, 1.165) is 0 Å². The summed E-state index contributed by atoms with van der Waals surface area (Å²) in [7, 11) is 0. The molecule has 13 heavy (non-hydrogen) atoms. The molecule has 1 aliphatic rings. The average molecular weight is 191 g/mol. The van der Waals surface area contributed by atoms with Gasteiger partial charge in [-0.05, 0) is 6.92 Å². The van der Waals surface area contributed by atoms with Gasteiger partial charge in [0.1, 0.15) is 31.0 Å². The van der Waals surface area contributed by atoms with Crippen LogP contribution in [0.2, 0.25) is 0 Å². The van der Waals surface area contributed by atoms with Crippen LogP contribution >= 0.6 is 0 Å². The summed E-state index contributed by atoms with van der Waals surface area (Å²) in [5.41, 5.74) is 0. The van der Waals surface area contributed by atoms with Gasteiger partial charge < -0.3 is 20.1 Å². The van der Waals surface area contributed by atoms with Gasteiger partial charge in [-0.25, -0.2) is 0 Å². The Morgan fingerprint density at radius 1 is 1.23 bits per heavy atom. The van der Waals surface area contributed by atoms with Crippen LogP contribution in [-0.2, 0) is 4.74 Å². The summed E-state index contributed by atoms with van der Waals surface area (Å²) >= 11 is 0. The van der Waals surface area contributed by atoms with Gasteiger partial charge in [0.25, 0.3) is 0 Å². The Balaban J connectivity index is 2.64. The summed E-state index contributed by atoms with van der Waals surface area (Å²) in [6, 6.07) is 0. The fraction of sp³-hybridized carbons (Fsp3) is 1.00. The predicted octanol–water partition coefficient (Wildman–Crippen LogP) is -1.38. The molecule has 5 atom stereocenters. The highest BCUT2D eigenvalue weighted by atomic mass is 16.5. The van der Waals surface area contributed by atoms with E-state index >= 15 is 0 Å². The topological polar surface area (TPSA) is 99.4 Å². The molecule has 76 valence electrons. The van der Waals surface area contributed by atoms with Crippen molar-refractivity contribution >= 4 is 0 Å². The summed E-state index contributed by atoms with van der Waals surface area (Å²) in [5.74, 6) is 0. The summed E-state index contributed by atoms with van der Waals surface area (Å²) < 4.78 is 5.07. The number of nitrogens with zero attached hydrogens (tertiary/aromatic N) is 1. The molecule has 1 rings (SSSR count). The first-order chi connectivity index (χ1) is 6.07. The smallest absolute Gasteiger partial charge is 0.111 e. The second kappa shape index (κ2) is 4.10. The first kappa shape index (κ1) is 10.5. The van der Waals surface area contributed by atoms with Crippen LogP contribution in [0.15, 0.2) is 5.18 Å². The fourth-order valence-corrected chi connectivity index (χ4v) is 1.36. The summed E-state index contributed by atoms with van der Waals surface area (Å²) in [6.07, 6.45) is -5.10. The molecule has 1 aliphatic heterocycles. The monoisotopic (exact) mass is 191 g/mol. The minimum Gasteiger partial charge on any atom is -0.388 e. The van der Waals surface area contributed by atoms with Gasteiger partial charge in [-0.1, -0.05) is 5.18 Å². The number of aliphatic hydroxyl groups is 3. The molecule has 0 bridgehead atoms. The first-order valence-corrected chi connectivity index (χ1v) is 4.06. The van der Waals surface area contributed by atoms with Crippen LogP contribution in [0.5, 0.6) is 0 Å². The number of hydrogen-bond donors (Lipinski definition) is 3. The van der Waals surface area contributed by atoms with E-state index in [1.54, 1.807) is 6.92 Å². The van der Waals surface area contributed by atoms with Crippen molar-refractivity contribution in [1.29, 1.82) is 0 Å². The molecule has 6 heteroatoms. The van der Waals surface area contributed by atoms with Crippen molar-refractivity contribution in [3.8, 4) is 0 Å². The van der Waals surface area contributed by atoms with E-state index in [2.05, 4.69) is 5.18 Å². The van der Waals surface area contributed by atoms with Crippen LogP contribution in [-0.4, -0.2) is 52.4 Å². The highest BCUT2D eigenvalue weighted by molar-refractivity contribution is 4.91. The Bertz CT molecular complexity index is 188. The molecular weight excluding hydrogens is 178 g/mol. The molecule has 3 N–H and O–H groups in total. The Hall–Kier alpha value is -0.560. The Morgan fingerprint density at radius 3 is 2.38 bits per heavy atom. The van der Waals surface area contributed by atoms with Crippen molar-refractivity contribution in [2.75, 3.05) is 6.54 Å². The minimum atomic E-state index is -1.28. The summed E-state index contributed by atoms with van der Waals surface area (Å²) in [5, 5.41) is 30.4. The molecule has 0 saturated carbocycles. The Kier molecular flexibility index (Phi) is 3.32. The van der Waals surface area contributed by atoms with Crippen molar-refractivity contribution in [2.45, 2.75) is 37.4 Å². The highest BCUT2D eigenvalue weighted by Crippen LogP contribution is 2.20.